The van der Waals surface area contributed by atoms with E-state index in [0.29, 0.717) is 24.7 Å². The monoisotopic (exact) mass is 413 g/mol. The molecule has 0 saturated carbocycles. The van der Waals surface area contributed by atoms with Crippen molar-refractivity contribution in [2.75, 3.05) is 39.1 Å². The lowest BCUT2D eigenvalue weighted by atomic mass is 9.96. The third-order valence-corrected chi connectivity index (χ3v) is 5.53. The smallest absolute Gasteiger partial charge is 0.222 e. The molecule has 2 aromatic rings. The number of piperidine rings is 1. The van der Waals surface area contributed by atoms with Crippen LogP contribution in [0, 0.1) is 5.82 Å². The first-order valence-corrected chi connectivity index (χ1v) is 10.7. The Labute approximate surface area is 178 Å². The fourth-order valence-electron chi connectivity index (χ4n) is 3.70. The first-order chi connectivity index (χ1) is 14.4. The molecule has 1 aliphatic heterocycles. The highest BCUT2D eigenvalue weighted by molar-refractivity contribution is 5.75. The normalized spacial score (nSPS) is 16.3. The van der Waals surface area contributed by atoms with Crippen molar-refractivity contribution in [2.45, 2.75) is 44.6 Å². The number of rotatable bonds is 8. The van der Waals surface area contributed by atoms with Gasteiger partial charge in [-0.1, -0.05) is 12.1 Å². The molecule has 0 unspecified atom stereocenters. The predicted molar refractivity (Wildman–Crippen MR) is 117 cm³/mol. The van der Waals surface area contributed by atoms with Crippen LogP contribution in [0.3, 0.4) is 0 Å². The van der Waals surface area contributed by atoms with Crippen molar-refractivity contribution in [1.29, 1.82) is 0 Å². The molecule has 1 aromatic heterocycles. The van der Waals surface area contributed by atoms with Gasteiger partial charge in [0.2, 0.25) is 5.91 Å². The number of amides is 1. The lowest BCUT2D eigenvalue weighted by molar-refractivity contribution is -0.130. The van der Waals surface area contributed by atoms with Crippen molar-refractivity contribution < 1.29 is 9.18 Å². The molecule has 6 nitrogen and oxygen atoms in total. The van der Waals surface area contributed by atoms with E-state index in [2.05, 4.69) is 16.4 Å². The summed E-state index contributed by atoms with van der Waals surface area (Å²) in [5, 5.41) is 3.44. The van der Waals surface area contributed by atoms with Gasteiger partial charge in [-0.2, -0.15) is 0 Å². The van der Waals surface area contributed by atoms with Crippen LogP contribution >= 0.6 is 0 Å². The Morgan fingerprint density at radius 1 is 1.20 bits per heavy atom. The second-order valence-corrected chi connectivity index (χ2v) is 8.23. The zero-order valence-corrected chi connectivity index (χ0v) is 18.2. The molecule has 30 heavy (non-hydrogen) atoms. The number of aromatic nitrogens is 2. The number of anilines is 1. The number of carbonyl (C=O) groups excluding carboxylic acids is 1. The van der Waals surface area contributed by atoms with Crippen LogP contribution in [0.1, 0.15) is 48.7 Å². The summed E-state index contributed by atoms with van der Waals surface area (Å²) < 4.78 is 13.0. The zero-order chi connectivity index (χ0) is 21.5. The summed E-state index contributed by atoms with van der Waals surface area (Å²) in [6, 6.07) is 8.51. The van der Waals surface area contributed by atoms with E-state index in [1.807, 2.05) is 19.0 Å². The van der Waals surface area contributed by atoms with Gasteiger partial charge in [-0.3, -0.25) is 4.79 Å². The van der Waals surface area contributed by atoms with E-state index >= 15 is 0 Å². The van der Waals surface area contributed by atoms with Gasteiger partial charge in [0.05, 0.1) is 12.2 Å². The van der Waals surface area contributed by atoms with Crippen LogP contribution in [0.2, 0.25) is 0 Å². The van der Waals surface area contributed by atoms with Gasteiger partial charge in [-0.25, -0.2) is 14.4 Å². The van der Waals surface area contributed by atoms with Gasteiger partial charge in [-0.15, -0.1) is 0 Å². The van der Waals surface area contributed by atoms with E-state index in [9.17, 15) is 9.18 Å². The maximum Gasteiger partial charge on any atom is 0.222 e. The molecule has 1 aromatic carbocycles. The molecule has 0 spiro atoms. The minimum Gasteiger partial charge on any atom is -0.363 e. The first-order valence-electron chi connectivity index (χ1n) is 10.7. The van der Waals surface area contributed by atoms with Crippen molar-refractivity contribution in [3.05, 3.63) is 53.2 Å². The lowest BCUT2D eigenvalue weighted by Crippen LogP contribution is -2.30. The Kier molecular flexibility index (Phi) is 7.74. The Bertz CT molecular complexity index is 834. The molecule has 1 N–H and O–H groups in total. The molecule has 1 saturated heterocycles. The van der Waals surface area contributed by atoms with Gasteiger partial charge in [0.1, 0.15) is 17.5 Å². The third kappa shape index (κ3) is 6.23. The summed E-state index contributed by atoms with van der Waals surface area (Å²) in [6.45, 7) is 2.38. The number of halogens is 1. The van der Waals surface area contributed by atoms with Crippen LogP contribution in [-0.4, -0.2) is 55.0 Å². The molecule has 3 rings (SSSR count). The molecule has 1 amide bonds. The standard InChI is InChI=1S/C23H32FN5O/c1-28(2)22-14-20(18-7-5-13-25-15-18)26-21(27-22)16-29(3)23(30)8-4-6-17-9-11-19(24)12-10-17/h9-12,14,18,25H,4-8,13,15-16H2,1-3H3/t18-/m0/s1. The molecular formula is C23H32FN5O. The van der Waals surface area contributed by atoms with Crippen molar-refractivity contribution in [1.82, 2.24) is 20.2 Å². The topological polar surface area (TPSA) is 61.4 Å². The van der Waals surface area contributed by atoms with Gasteiger partial charge in [0.25, 0.3) is 0 Å². The Morgan fingerprint density at radius 2 is 1.97 bits per heavy atom. The maximum atomic E-state index is 13.0. The molecule has 0 aliphatic carbocycles. The quantitative estimate of drug-likeness (QED) is 0.721. The molecule has 2 heterocycles. The van der Waals surface area contributed by atoms with Crippen LogP contribution in [0.5, 0.6) is 0 Å². The number of hydrogen-bond donors (Lipinski definition) is 1. The van der Waals surface area contributed by atoms with Crippen molar-refractivity contribution in [3.8, 4) is 0 Å². The van der Waals surface area contributed by atoms with Gasteiger partial charge < -0.3 is 15.1 Å². The second-order valence-electron chi connectivity index (χ2n) is 8.23. The number of aryl methyl sites for hydroxylation is 1. The number of benzene rings is 1. The first kappa shape index (κ1) is 22.2. The van der Waals surface area contributed by atoms with E-state index in [4.69, 9.17) is 4.98 Å². The molecule has 0 radical (unpaired) electrons. The molecule has 1 aliphatic rings. The summed E-state index contributed by atoms with van der Waals surface area (Å²) in [6.07, 6.45) is 4.20. The SMILES string of the molecule is CN(Cc1nc([C@H]2CCCNC2)cc(N(C)C)n1)C(=O)CCCc1ccc(F)cc1. The minimum absolute atomic E-state index is 0.0665. The number of nitrogens with one attached hydrogen (secondary N) is 1. The zero-order valence-electron chi connectivity index (χ0n) is 18.2. The largest absolute Gasteiger partial charge is 0.363 e. The summed E-state index contributed by atoms with van der Waals surface area (Å²) in [7, 11) is 5.74. The van der Waals surface area contributed by atoms with Crippen LogP contribution in [0.4, 0.5) is 10.2 Å². The fourth-order valence-corrected chi connectivity index (χ4v) is 3.70. The highest BCUT2D eigenvalue weighted by Crippen LogP contribution is 2.24. The highest BCUT2D eigenvalue weighted by Gasteiger charge is 2.20. The average Bonchev–Trinajstić information content (AvgIpc) is 2.75. The van der Waals surface area contributed by atoms with Crippen molar-refractivity contribution >= 4 is 11.7 Å². The maximum absolute atomic E-state index is 13.0. The summed E-state index contributed by atoms with van der Waals surface area (Å²) >= 11 is 0. The third-order valence-electron chi connectivity index (χ3n) is 5.53. The van der Waals surface area contributed by atoms with Crippen LogP contribution in [0.25, 0.3) is 0 Å². The van der Waals surface area contributed by atoms with Crippen LogP contribution in [-0.2, 0) is 17.8 Å². The van der Waals surface area contributed by atoms with Gasteiger partial charge in [0, 0.05) is 46.1 Å². The van der Waals surface area contributed by atoms with E-state index in [0.717, 1.165) is 55.8 Å². The van der Waals surface area contributed by atoms with E-state index in [1.165, 1.54) is 12.1 Å². The Hall–Kier alpha value is -2.54. The van der Waals surface area contributed by atoms with Gasteiger partial charge >= 0.3 is 0 Å². The minimum atomic E-state index is -0.238. The van der Waals surface area contributed by atoms with E-state index in [-0.39, 0.29) is 11.7 Å². The molecular weight excluding hydrogens is 381 g/mol. The number of nitrogens with zero attached hydrogens (tertiary/aromatic N) is 4. The Morgan fingerprint density at radius 3 is 2.63 bits per heavy atom. The second kappa shape index (κ2) is 10.5. The summed E-state index contributed by atoms with van der Waals surface area (Å²) in [5.74, 6) is 1.76. The number of hydrogen-bond acceptors (Lipinski definition) is 5. The lowest BCUT2D eigenvalue weighted by Gasteiger charge is -2.24. The molecule has 1 fully saturated rings. The summed E-state index contributed by atoms with van der Waals surface area (Å²) in [5.41, 5.74) is 2.09. The number of carbonyl (C=O) groups is 1. The van der Waals surface area contributed by atoms with Crippen molar-refractivity contribution in [2.24, 2.45) is 0 Å². The molecule has 0 bridgehead atoms. The van der Waals surface area contributed by atoms with Gasteiger partial charge in [0.15, 0.2) is 0 Å². The van der Waals surface area contributed by atoms with Crippen LogP contribution in [0.15, 0.2) is 30.3 Å². The fraction of sp³-hybridized carbons (Fsp3) is 0.522. The Balaban J connectivity index is 1.59. The van der Waals surface area contributed by atoms with E-state index < -0.39 is 0 Å². The van der Waals surface area contributed by atoms with Crippen molar-refractivity contribution in [3.63, 3.8) is 0 Å². The predicted octanol–water partition coefficient (Wildman–Crippen LogP) is 3.13. The molecule has 162 valence electrons. The van der Waals surface area contributed by atoms with Gasteiger partial charge in [-0.05, 0) is 49.9 Å². The average molecular weight is 414 g/mol. The van der Waals surface area contributed by atoms with Crippen LogP contribution < -0.4 is 10.2 Å². The highest BCUT2D eigenvalue weighted by atomic mass is 19.1. The summed E-state index contributed by atoms with van der Waals surface area (Å²) in [4.78, 5) is 25.7. The molecule has 1 atom stereocenters. The van der Waals surface area contributed by atoms with E-state index in [1.54, 1.807) is 24.1 Å². The molecule has 7 heteroatoms.